The van der Waals surface area contributed by atoms with Crippen molar-refractivity contribution in [2.45, 2.75) is 12.2 Å². The van der Waals surface area contributed by atoms with Crippen LogP contribution in [0.1, 0.15) is 0 Å². The van der Waals surface area contributed by atoms with Crippen molar-refractivity contribution in [2.24, 2.45) is 0 Å². The van der Waals surface area contributed by atoms with E-state index in [0.717, 1.165) is 0 Å². The third kappa shape index (κ3) is 1.05. The first-order valence-electron chi connectivity index (χ1n) is 2.87. The van der Waals surface area contributed by atoms with Crippen LogP contribution in [-0.2, 0) is 30.5 Å². The van der Waals surface area contributed by atoms with Gasteiger partial charge in [0.25, 0.3) is 0 Å². The van der Waals surface area contributed by atoms with Crippen molar-refractivity contribution < 1.29 is 16.8 Å². The van der Waals surface area contributed by atoms with Crippen LogP contribution in [0, 0.1) is 0 Å². The maximum Gasteiger partial charge on any atom is 0.305 e. The lowest BCUT2D eigenvalue weighted by Gasteiger charge is -1.96. The lowest BCUT2D eigenvalue weighted by atomic mass is 10.3. The van der Waals surface area contributed by atoms with Crippen molar-refractivity contribution in [3.05, 3.63) is 0 Å². The molecule has 0 aromatic rings. The Morgan fingerprint density at radius 2 is 1.60 bits per heavy atom. The molecule has 2 heterocycles. The van der Waals surface area contributed by atoms with Crippen LogP contribution in [0.2, 0.25) is 0 Å². The molecule has 58 valence electrons. The van der Waals surface area contributed by atoms with E-state index in [4.69, 9.17) is 8.37 Å². The molecule has 2 rings (SSSR count). The third-order valence-electron chi connectivity index (χ3n) is 1.52. The van der Waals surface area contributed by atoms with E-state index < -0.39 is 22.2 Å². The van der Waals surface area contributed by atoms with Crippen molar-refractivity contribution in [1.29, 1.82) is 0 Å². The highest BCUT2D eigenvalue weighted by Gasteiger charge is 2.42. The second kappa shape index (κ2) is 2.37. The summed E-state index contributed by atoms with van der Waals surface area (Å²) in [7, 11) is -0.831. The zero-order valence-electron chi connectivity index (χ0n) is 5.02. The minimum absolute atomic E-state index is 0.193. The summed E-state index contributed by atoms with van der Waals surface area (Å²) in [4.78, 5) is 0. The smallest absolute Gasteiger partial charge is 0.261 e. The molecule has 0 aromatic heterocycles. The topological polar surface area (TPSA) is 52.6 Å². The maximum absolute atomic E-state index is 10.8. The van der Waals surface area contributed by atoms with E-state index in [0.29, 0.717) is 11.5 Å². The molecule has 2 atom stereocenters. The number of fused-ring (bicyclic) bond motifs is 1. The molecule has 4 nitrogen and oxygen atoms in total. The van der Waals surface area contributed by atoms with Crippen molar-refractivity contribution in [2.75, 3.05) is 11.5 Å². The molecule has 0 aromatic carbocycles. The van der Waals surface area contributed by atoms with Crippen molar-refractivity contribution in [1.82, 2.24) is 0 Å². The molecule has 2 saturated heterocycles. The van der Waals surface area contributed by atoms with Crippen LogP contribution in [-0.4, -0.2) is 32.1 Å². The maximum atomic E-state index is 10.8. The molecule has 10 heavy (non-hydrogen) atoms. The van der Waals surface area contributed by atoms with Crippen LogP contribution in [0.4, 0.5) is 0 Å². The Kier molecular flexibility index (Phi) is 1.63. The summed E-state index contributed by atoms with van der Waals surface area (Å²) in [6, 6.07) is 0. The van der Waals surface area contributed by atoms with E-state index in [1.165, 1.54) is 0 Å². The fourth-order valence-corrected chi connectivity index (χ4v) is 3.49. The number of hydrogen-bond donors (Lipinski definition) is 0. The highest BCUT2D eigenvalue weighted by atomic mass is 32.2. The molecule has 0 saturated carbocycles. The van der Waals surface area contributed by atoms with Crippen LogP contribution in [0.3, 0.4) is 0 Å². The standard InChI is InChI=1S/C4H6O4S2/c5-9-1-3-4(2-9)8-10(6)7-3/h3-4H,1-2H2. The van der Waals surface area contributed by atoms with Gasteiger partial charge in [0.1, 0.15) is 12.2 Å². The fourth-order valence-electron chi connectivity index (χ4n) is 1.05. The Bertz CT molecular complexity index is 165. The largest absolute Gasteiger partial charge is 0.305 e. The number of hydrogen-bond acceptors (Lipinski definition) is 4. The third-order valence-corrected chi connectivity index (χ3v) is 3.73. The van der Waals surface area contributed by atoms with Gasteiger partial charge >= 0.3 is 11.4 Å². The van der Waals surface area contributed by atoms with Crippen molar-refractivity contribution >= 4 is 22.2 Å². The van der Waals surface area contributed by atoms with E-state index in [-0.39, 0.29) is 12.2 Å². The summed E-state index contributed by atoms with van der Waals surface area (Å²) >= 11 is -1.58. The average molecular weight is 182 g/mol. The molecule has 2 fully saturated rings. The second-order valence-electron chi connectivity index (χ2n) is 2.25. The Hall–Kier alpha value is 0.220. The van der Waals surface area contributed by atoms with E-state index in [9.17, 15) is 8.42 Å². The zero-order chi connectivity index (χ0) is 7.14. The fraction of sp³-hybridized carbons (Fsp3) is 1.00. The number of rotatable bonds is 0. The van der Waals surface area contributed by atoms with Gasteiger partial charge in [0.05, 0.1) is 11.5 Å². The molecule has 0 aliphatic carbocycles. The Labute approximate surface area is 63.2 Å². The first kappa shape index (κ1) is 6.90. The van der Waals surface area contributed by atoms with E-state index in [1.807, 2.05) is 0 Å². The summed E-state index contributed by atoms with van der Waals surface area (Å²) in [5.74, 6) is 0.937. The van der Waals surface area contributed by atoms with Gasteiger partial charge in [-0.05, 0) is 0 Å². The molecule has 2 unspecified atom stereocenters. The Balaban J connectivity index is 2.12. The van der Waals surface area contributed by atoms with Gasteiger partial charge in [0, 0.05) is 10.8 Å². The molecule has 2 aliphatic rings. The molecule has 0 bridgehead atoms. The lowest BCUT2D eigenvalue weighted by Crippen LogP contribution is -2.18. The monoisotopic (exact) mass is 182 g/mol. The first-order valence-corrected chi connectivity index (χ1v) is 5.35. The van der Waals surface area contributed by atoms with Crippen LogP contribution < -0.4 is 0 Å². The minimum Gasteiger partial charge on any atom is -0.261 e. The van der Waals surface area contributed by atoms with Gasteiger partial charge in [-0.1, -0.05) is 0 Å². The van der Waals surface area contributed by atoms with Gasteiger partial charge in [0.2, 0.25) is 0 Å². The van der Waals surface area contributed by atoms with Gasteiger partial charge in [-0.15, -0.1) is 0 Å². The summed E-state index contributed by atoms with van der Waals surface area (Å²) < 4.78 is 31.0. The van der Waals surface area contributed by atoms with Crippen LogP contribution in [0.5, 0.6) is 0 Å². The Morgan fingerprint density at radius 3 is 2.10 bits per heavy atom. The first-order chi connectivity index (χ1) is 4.75. The Morgan fingerprint density at radius 1 is 1.10 bits per heavy atom. The molecule has 0 radical (unpaired) electrons. The van der Waals surface area contributed by atoms with Crippen molar-refractivity contribution in [3.8, 4) is 0 Å². The SMILES string of the molecule is O=S1CC2OS(=O)OC2C1. The van der Waals surface area contributed by atoms with E-state index >= 15 is 0 Å². The summed E-state index contributed by atoms with van der Waals surface area (Å²) in [6.45, 7) is 0. The summed E-state index contributed by atoms with van der Waals surface area (Å²) in [5.41, 5.74) is 0. The predicted molar refractivity (Wildman–Crippen MR) is 35.8 cm³/mol. The van der Waals surface area contributed by atoms with Crippen LogP contribution in [0.15, 0.2) is 0 Å². The molecule has 2 aliphatic heterocycles. The van der Waals surface area contributed by atoms with Gasteiger partial charge in [-0.2, -0.15) is 4.21 Å². The molecule has 6 heteroatoms. The highest BCUT2D eigenvalue weighted by molar-refractivity contribution is 7.85. The molecular formula is C4H6O4S2. The molecular weight excluding hydrogens is 176 g/mol. The quantitative estimate of drug-likeness (QED) is 0.488. The average Bonchev–Trinajstić information content (AvgIpc) is 2.21. The van der Waals surface area contributed by atoms with Crippen LogP contribution in [0.25, 0.3) is 0 Å². The normalized spacial score (nSPS) is 53.2. The van der Waals surface area contributed by atoms with Crippen LogP contribution >= 0.6 is 0 Å². The molecule has 0 N–H and O–H groups in total. The predicted octanol–water partition coefficient (Wildman–Crippen LogP) is -0.889. The van der Waals surface area contributed by atoms with Gasteiger partial charge in [0.15, 0.2) is 0 Å². The van der Waals surface area contributed by atoms with Crippen molar-refractivity contribution in [3.63, 3.8) is 0 Å². The van der Waals surface area contributed by atoms with Gasteiger partial charge in [-0.25, -0.2) is 0 Å². The van der Waals surface area contributed by atoms with E-state index in [1.54, 1.807) is 0 Å². The summed E-state index contributed by atoms with van der Waals surface area (Å²) in [6.07, 6.45) is -0.386. The molecule has 0 spiro atoms. The second-order valence-corrected chi connectivity index (χ2v) is 4.59. The zero-order valence-corrected chi connectivity index (χ0v) is 6.65. The lowest BCUT2D eigenvalue weighted by molar-refractivity contribution is 0.205. The summed E-state index contributed by atoms with van der Waals surface area (Å²) in [5, 5.41) is 0. The van der Waals surface area contributed by atoms with Gasteiger partial charge < -0.3 is 0 Å². The minimum atomic E-state index is -1.58. The highest BCUT2D eigenvalue weighted by Crippen LogP contribution is 2.24. The van der Waals surface area contributed by atoms with E-state index in [2.05, 4.69) is 0 Å². The van der Waals surface area contributed by atoms with Gasteiger partial charge in [-0.3, -0.25) is 12.6 Å². The molecule has 0 amide bonds.